The van der Waals surface area contributed by atoms with Gasteiger partial charge in [0.2, 0.25) is 23.6 Å². The summed E-state index contributed by atoms with van der Waals surface area (Å²) in [5.74, 6) is -4.40. The number of nitrogens with one attached hydrogen (secondary N) is 6. The lowest BCUT2D eigenvalue weighted by Gasteiger charge is -2.25. The summed E-state index contributed by atoms with van der Waals surface area (Å²) in [6.45, 7) is 0. The Hall–Kier alpha value is -5.51. The Balaban J connectivity index is 1.58. The number of rotatable bonds is 15. The number of carbonyl (C=O) groups is 5. The van der Waals surface area contributed by atoms with Crippen LogP contribution in [-0.2, 0) is 43.2 Å². The first-order chi connectivity index (χ1) is 20.6. The molecule has 0 radical (unpaired) electrons. The van der Waals surface area contributed by atoms with E-state index in [1.54, 1.807) is 6.20 Å². The number of H-pyrrole nitrogens is 3. The molecule has 11 N–H and O–H groups in total. The fourth-order valence-electron chi connectivity index (χ4n) is 4.50. The standard InChI is InChI=1S/C27H32N10O6/c28-18(8-23(29)38)24(39)35-21(6-15-10-30-12-33-15)26(41)36-20(5-14-9-32-19-4-2-1-3-17(14)19)25(40)37-22(27(42)43)7-16-11-31-13-34-16/h1-4,9-13,18,20-22,32H,5-8,28H2,(H2,29,38)(H,30,33)(H,31,34)(H,35,39)(H,36,41)(H,37,40)(H,42,43). The summed E-state index contributed by atoms with van der Waals surface area (Å²) >= 11 is 0. The van der Waals surface area contributed by atoms with Crippen LogP contribution in [-0.4, -0.2) is 83.8 Å². The number of nitrogens with zero attached hydrogens (tertiary/aromatic N) is 2. The summed E-state index contributed by atoms with van der Waals surface area (Å²) in [6, 6.07) is 2.22. The highest BCUT2D eigenvalue weighted by Gasteiger charge is 2.32. The molecule has 4 aromatic rings. The van der Waals surface area contributed by atoms with E-state index in [-0.39, 0.29) is 19.3 Å². The smallest absolute Gasteiger partial charge is 0.326 e. The molecule has 0 saturated carbocycles. The maximum Gasteiger partial charge on any atom is 0.326 e. The van der Waals surface area contributed by atoms with Crippen molar-refractivity contribution >= 4 is 40.5 Å². The van der Waals surface area contributed by atoms with Gasteiger partial charge in [0.1, 0.15) is 18.1 Å². The van der Waals surface area contributed by atoms with E-state index in [2.05, 4.69) is 40.9 Å². The molecule has 226 valence electrons. The summed E-state index contributed by atoms with van der Waals surface area (Å²) in [7, 11) is 0. The third-order valence-electron chi connectivity index (χ3n) is 6.70. The van der Waals surface area contributed by atoms with Crippen LogP contribution in [0.1, 0.15) is 23.4 Å². The normalized spacial score (nSPS) is 13.9. The summed E-state index contributed by atoms with van der Waals surface area (Å²) < 4.78 is 0. The quantitative estimate of drug-likeness (QED) is 0.0767. The van der Waals surface area contributed by atoms with Gasteiger partial charge in [0.25, 0.3) is 0 Å². The molecule has 16 heteroatoms. The van der Waals surface area contributed by atoms with E-state index < -0.39 is 60.2 Å². The van der Waals surface area contributed by atoms with Crippen LogP contribution in [0.2, 0.25) is 0 Å². The number of primary amides is 1. The van der Waals surface area contributed by atoms with Crippen LogP contribution in [0.3, 0.4) is 0 Å². The molecule has 43 heavy (non-hydrogen) atoms. The molecule has 0 bridgehead atoms. The van der Waals surface area contributed by atoms with Gasteiger partial charge >= 0.3 is 5.97 Å². The lowest BCUT2D eigenvalue weighted by atomic mass is 10.0. The van der Waals surface area contributed by atoms with Crippen molar-refractivity contribution in [1.82, 2.24) is 40.9 Å². The minimum atomic E-state index is -1.33. The molecule has 4 rings (SSSR count). The van der Waals surface area contributed by atoms with E-state index in [4.69, 9.17) is 11.5 Å². The molecule has 0 fully saturated rings. The van der Waals surface area contributed by atoms with Crippen molar-refractivity contribution in [3.8, 4) is 0 Å². The molecule has 4 amide bonds. The molecule has 0 aliphatic heterocycles. The molecular weight excluding hydrogens is 560 g/mol. The van der Waals surface area contributed by atoms with Gasteiger partial charge in [-0.1, -0.05) is 18.2 Å². The number of imidazole rings is 2. The number of amides is 4. The van der Waals surface area contributed by atoms with E-state index in [0.717, 1.165) is 10.9 Å². The molecule has 4 atom stereocenters. The van der Waals surface area contributed by atoms with Gasteiger partial charge in [0, 0.05) is 60.1 Å². The van der Waals surface area contributed by atoms with Crippen molar-refractivity contribution in [1.29, 1.82) is 0 Å². The second kappa shape index (κ2) is 13.9. The number of para-hydroxylation sites is 1. The maximum absolute atomic E-state index is 13.6. The highest BCUT2D eigenvalue weighted by Crippen LogP contribution is 2.19. The van der Waals surface area contributed by atoms with Crippen LogP contribution in [0.5, 0.6) is 0 Å². The van der Waals surface area contributed by atoms with Crippen LogP contribution in [0.15, 0.2) is 55.5 Å². The number of carbonyl (C=O) groups excluding carboxylic acids is 4. The molecule has 16 nitrogen and oxygen atoms in total. The lowest BCUT2D eigenvalue weighted by Crippen LogP contribution is -2.58. The monoisotopic (exact) mass is 592 g/mol. The molecular formula is C27H32N10O6. The largest absolute Gasteiger partial charge is 0.480 e. The first kappa shape index (κ1) is 30.4. The minimum absolute atomic E-state index is 0.0100. The molecule has 0 spiro atoms. The van der Waals surface area contributed by atoms with Crippen molar-refractivity contribution in [2.24, 2.45) is 11.5 Å². The van der Waals surface area contributed by atoms with Crippen molar-refractivity contribution < 1.29 is 29.1 Å². The Bertz CT molecular complexity index is 1570. The zero-order valence-corrected chi connectivity index (χ0v) is 22.9. The number of benzene rings is 1. The number of aliphatic carboxylic acids is 1. The van der Waals surface area contributed by atoms with E-state index in [1.165, 1.54) is 25.0 Å². The predicted molar refractivity (Wildman–Crippen MR) is 152 cm³/mol. The molecule has 0 saturated heterocycles. The average molecular weight is 593 g/mol. The number of hydrogen-bond donors (Lipinski definition) is 9. The van der Waals surface area contributed by atoms with Gasteiger partial charge in [-0.25, -0.2) is 14.8 Å². The number of carboxylic acid groups (broad SMARTS) is 1. The zero-order chi connectivity index (χ0) is 30.9. The molecule has 3 heterocycles. The molecule has 0 aliphatic carbocycles. The van der Waals surface area contributed by atoms with E-state index in [0.29, 0.717) is 17.0 Å². The van der Waals surface area contributed by atoms with E-state index in [9.17, 15) is 29.1 Å². The lowest BCUT2D eigenvalue weighted by molar-refractivity contribution is -0.142. The van der Waals surface area contributed by atoms with Crippen molar-refractivity contribution in [3.05, 3.63) is 72.5 Å². The van der Waals surface area contributed by atoms with Gasteiger partial charge in [-0.15, -0.1) is 0 Å². The third kappa shape index (κ3) is 8.26. The average Bonchev–Trinajstić information content (AvgIpc) is 3.75. The molecule has 3 aromatic heterocycles. The molecule has 4 unspecified atom stereocenters. The third-order valence-corrected chi connectivity index (χ3v) is 6.70. The van der Waals surface area contributed by atoms with Crippen molar-refractivity contribution in [2.45, 2.75) is 49.9 Å². The number of aromatic amines is 3. The van der Waals surface area contributed by atoms with Gasteiger partial charge in [0.05, 0.1) is 25.1 Å². The number of hydrogen-bond acceptors (Lipinski definition) is 8. The number of fused-ring (bicyclic) bond motifs is 1. The summed E-state index contributed by atoms with van der Waals surface area (Å²) in [5, 5.41) is 18.3. The Labute approximate surface area is 244 Å². The Kier molecular flexibility index (Phi) is 9.85. The SMILES string of the molecule is NC(=O)CC(N)C(=O)NC(Cc1cnc[nH]1)C(=O)NC(Cc1c[nH]c2ccccc12)C(=O)NC(Cc1cnc[nH]1)C(=O)O. The maximum atomic E-state index is 13.6. The van der Waals surface area contributed by atoms with E-state index >= 15 is 0 Å². The van der Waals surface area contributed by atoms with E-state index in [1.807, 2.05) is 24.3 Å². The number of nitrogens with two attached hydrogens (primary N) is 2. The first-order valence-electron chi connectivity index (χ1n) is 13.3. The summed E-state index contributed by atoms with van der Waals surface area (Å²) in [4.78, 5) is 79.7. The summed E-state index contributed by atoms with van der Waals surface area (Å²) in [5.41, 5.74) is 13.4. The van der Waals surface area contributed by atoms with Gasteiger partial charge in [-0.05, 0) is 11.6 Å². The van der Waals surface area contributed by atoms with Gasteiger partial charge in [-0.3, -0.25) is 19.2 Å². The van der Waals surface area contributed by atoms with Gasteiger partial charge < -0.3 is 47.5 Å². The number of carboxylic acids is 1. The topological polar surface area (TPSA) is 267 Å². The second-order valence-electron chi connectivity index (χ2n) is 9.92. The fraction of sp³-hybridized carbons (Fsp3) is 0.296. The van der Waals surface area contributed by atoms with Crippen LogP contribution in [0.25, 0.3) is 10.9 Å². The Morgan fingerprint density at radius 3 is 1.93 bits per heavy atom. The Morgan fingerprint density at radius 2 is 1.35 bits per heavy atom. The van der Waals surface area contributed by atoms with Crippen LogP contribution in [0.4, 0.5) is 0 Å². The fourth-order valence-corrected chi connectivity index (χ4v) is 4.50. The van der Waals surface area contributed by atoms with Gasteiger partial charge in [-0.2, -0.15) is 0 Å². The van der Waals surface area contributed by atoms with Crippen molar-refractivity contribution in [3.63, 3.8) is 0 Å². The van der Waals surface area contributed by atoms with Crippen LogP contribution < -0.4 is 27.4 Å². The highest BCUT2D eigenvalue weighted by molar-refractivity contribution is 5.95. The number of aromatic nitrogens is 5. The zero-order valence-electron chi connectivity index (χ0n) is 22.9. The molecule has 1 aromatic carbocycles. The summed E-state index contributed by atoms with van der Waals surface area (Å²) in [6.07, 6.45) is 6.79. The van der Waals surface area contributed by atoms with Crippen LogP contribution >= 0.6 is 0 Å². The molecule has 0 aliphatic rings. The predicted octanol–water partition coefficient (Wildman–Crippen LogP) is -1.62. The first-order valence-corrected chi connectivity index (χ1v) is 13.3. The van der Waals surface area contributed by atoms with Gasteiger partial charge in [0.15, 0.2) is 0 Å². The second-order valence-corrected chi connectivity index (χ2v) is 9.92. The minimum Gasteiger partial charge on any atom is -0.480 e. The highest BCUT2D eigenvalue weighted by atomic mass is 16.4. The van der Waals surface area contributed by atoms with Crippen molar-refractivity contribution in [2.75, 3.05) is 0 Å². The Morgan fingerprint density at radius 1 is 0.791 bits per heavy atom. The van der Waals surface area contributed by atoms with Crippen LogP contribution in [0, 0.1) is 0 Å².